The number of nitrogens with zero attached hydrogens (tertiary/aromatic N) is 3. The number of piperazine rings is 1. The Morgan fingerprint density at radius 1 is 1.10 bits per heavy atom. The summed E-state index contributed by atoms with van der Waals surface area (Å²) in [5.41, 5.74) is 8.29. The van der Waals surface area contributed by atoms with Gasteiger partial charge in [0.05, 0.1) is 18.2 Å². The van der Waals surface area contributed by atoms with Crippen LogP contribution in [-0.2, 0) is 11.2 Å². The fourth-order valence-electron chi connectivity index (χ4n) is 3.73. The van der Waals surface area contributed by atoms with Gasteiger partial charge in [-0.3, -0.25) is 4.90 Å². The lowest BCUT2D eigenvalue weighted by Crippen LogP contribution is -2.47. The average Bonchev–Trinajstić information content (AvgIpc) is 3.23. The number of para-hydroxylation sites is 1. The first-order valence-corrected chi connectivity index (χ1v) is 10.1. The SMILES string of the molecule is COC(=O)c1ccc(CCN2CCN(c3nc4c(OC(N)=O)cccc4[nH]3)CC2)cc1. The molecule has 1 fully saturated rings. The van der Waals surface area contributed by atoms with Crippen LogP contribution in [0, 0.1) is 0 Å². The number of hydrogen-bond donors (Lipinski definition) is 2. The van der Waals surface area contributed by atoms with E-state index in [2.05, 4.69) is 19.8 Å². The Labute approximate surface area is 179 Å². The van der Waals surface area contributed by atoms with E-state index in [0.717, 1.165) is 50.6 Å². The maximum Gasteiger partial charge on any atom is 0.410 e. The number of benzene rings is 2. The van der Waals surface area contributed by atoms with E-state index >= 15 is 0 Å². The van der Waals surface area contributed by atoms with Gasteiger partial charge in [0.25, 0.3) is 0 Å². The van der Waals surface area contributed by atoms with Crippen LogP contribution in [0.25, 0.3) is 11.0 Å². The van der Waals surface area contributed by atoms with E-state index in [1.165, 1.54) is 12.7 Å². The summed E-state index contributed by atoms with van der Waals surface area (Å²) in [6.45, 7) is 4.46. The molecule has 0 saturated carbocycles. The Morgan fingerprint density at radius 3 is 2.52 bits per heavy atom. The van der Waals surface area contributed by atoms with Gasteiger partial charge in [-0.25, -0.2) is 14.6 Å². The zero-order chi connectivity index (χ0) is 21.8. The van der Waals surface area contributed by atoms with Crippen molar-refractivity contribution in [3.63, 3.8) is 0 Å². The van der Waals surface area contributed by atoms with E-state index in [4.69, 9.17) is 15.2 Å². The van der Waals surface area contributed by atoms with Crippen molar-refractivity contribution in [2.75, 3.05) is 44.7 Å². The van der Waals surface area contributed by atoms with Gasteiger partial charge in [-0.15, -0.1) is 0 Å². The van der Waals surface area contributed by atoms with Crippen molar-refractivity contribution in [1.82, 2.24) is 14.9 Å². The highest BCUT2D eigenvalue weighted by molar-refractivity contribution is 5.89. The van der Waals surface area contributed by atoms with Gasteiger partial charge in [0.2, 0.25) is 5.95 Å². The minimum absolute atomic E-state index is 0.318. The van der Waals surface area contributed by atoms with Crippen LogP contribution in [-0.4, -0.2) is 66.8 Å². The number of nitrogens with two attached hydrogens (primary N) is 1. The summed E-state index contributed by atoms with van der Waals surface area (Å²) in [5.74, 6) is 0.791. The second-order valence-electron chi connectivity index (χ2n) is 7.40. The summed E-state index contributed by atoms with van der Waals surface area (Å²) >= 11 is 0. The number of aromatic nitrogens is 2. The number of aromatic amines is 1. The summed E-state index contributed by atoms with van der Waals surface area (Å²) < 4.78 is 9.78. The van der Waals surface area contributed by atoms with Crippen molar-refractivity contribution in [1.29, 1.82) is 0 Å². The smallest absolute Gasteiger partial charge is 0.410 e. The molecule has 162 valence electrons. The minimum Gasteiger partial charge on any atom is -0.465 e. The lowest BCUT2D eigenvalue weighted by molar-refractivity contribution is 0.0600. The summed E-state index contributed by atoms with van der Waals surface area (Å²) in [5, 5.41) is 0. The predicted octanol–water partition coefficient (Wildman–Crippen LogP) is 2.17. The Kier molecular flexibility index (Phi) is 6.03. The second-order valence-corrected chi connectivity index (χ2v) is 7.40. The number of fused-ring (bicyclic) bond motifs is 1. The maximum absolute atomic E-state index is 11.5. The molecule has 1 aromatic heterocycles. The molecule has 9 heteroatoms. The van der Waals surface area contributed by atoms with Crippen LogP contribution in [0.2, 0.25) is 0 Å². The van der Waals surface area contributed by atoms with Crippen molar-refractivity contribution in [2.24, 2.45) is 5.73 Å². The monoisotopic (exact) mass is 423 g/mol. The lowest BCUT2D eigenvalue weighted by Gasteiger charge is -2.34. The summed E-state index contributed by atoms with van der Waals surface area (Å²) in [6, 6.07) is 12.9. The topological polar surface area (TPSA) is 114 Å². The van der Waals surface area contributed by atoms with E-state index in [1.54, 1.807) is 24.3 Å². The van der Waals surface area contributed by atoms with Crippen molar-refractivity contribution in [2.45, 2.75) is 6.42 Å². The molecule has 2 aromatic carbocycles. The number of primary amides is 1. The Morgan fingerprint density at radius 2 is 1.84 bits per heavy atom. The van der Waals surface area contributed by atoms with Gasteiger partial charge in [-0.2, -0.15) is 0 Å². The number of nitrogens with one attached hydrogen (secondary N) is 1. The number of amides is 1. The normalized spacial score (nSPS) is 14.5. The number of anilines is 1. The van der Waals surface area contributed by atoms with Crippen LogP contribution >= 0.6 is 0 Å². The molecule has 3 aromatic rings. The van der Waals surface area contributed by atoms with E-state index < -0.39 is 6.09 Å². The number of carbonyl (C=O) groups excluding carboxylic acids is 2. The fourth-order valence-corrected chi connectivity index (χ4v) is 3.73. The van der Waals surface area contributed by atoms with E-state index in [-0.39, 0.29) is 5.97 Å². The molecule has 2 heterocycles. The summed E-state index contributed by atoms with van der Waals surface area (Å²) in [4.78, 5) is 35.2. The predicted molar refractivity (Wildman–Crippen MR) is 116 cm³/mol. The molecular weight excluding hydrogens is 398 g/mol. The molecule has 9 nitrogen and oxygen atoms in total. The first-order chi connectivity index (χ1) is 15.0. The van der Waals surface area contributed by atoms with Gasteiger partial charge in [-0.05, 0) is 36.2 Å². The minimum atomic E-state index is -0.856. The maximum atomic E-state index is 11.5. The van der Waals surface area contributed by atoms with Gasteiger partial charge in [0, 0.05) is 32.7 Å². The number of H-pyrrole nitrogens is 1. The molecule has 0 atom stereocenters. The van der Waals surface area contributed by atoms with Gasteiger partial charge in [0.1, 0.15) is 5.52 Å². The third kappa shape index (κ3) is 4.77. The molecule has 0 bridgehead atoms. The van der Waals surface area contributed by atoms with E-state index in [9.17, 15) is 9.59 Å². The van der Waals surface area contributed by atoms with Crippen LogP contribution < -0.4 is 15.4 Å². The Balaban J connectivity index is 1.32. The molecule has 1 saturated heterocycles. The van der Waals surface area contributed by atoms with Crippen molar-refractivity contribution < 1.29 is 19.1 Å². The number of esters is 1. The molecule has 1 amide bonds. The molecule has 4 rings (SSSR count). The van der Waals surface area contributed by atoms with Crippen LogP contribution in [0.15, 0.2) is 42.5 Å². The zero-order valence-electron chi connectivity index (χ0n) is 17.3. The van der Waals surface area contributed by atoms with Crippen LogP contribution in [0.3, 0.4) is 0 Å². The number of carbonyl (C=O) groups is 2. The number of rotatable bonds is 6. The molecule has 1 aliphatic heterocycles. The van der Waals surface area contributed by atoms with Crippen molar-refractivity contribution in [3.05, 3.63) is 53.6 Å². The molecule has 0 radical (unpaired) electrons. The fraction of sp³-hybridized carbons (Fsp3) is 0.318. The van der Waals surface area contributed by atoms with E-state index in [1.807, 2.05) is 18.2 Å². The van der Waals surface area contributed by atoms with Crippen LogP contribution in [0.4, 0.5) is 10.7 Å². The largest absolute Gasteiger partial charge is 0.465 e. The molecule has 0 spiro atoms. The first kappa shape index (κ1) is 20.7. The van der Waals surface area contributed by atoms with Crippen LogP contribution in [0.5, 0.6) is 5.75 Å². The third-order valence-electron chi connectivity index (χ3n) is 5.44. The third-order valence-corrected chi connectivity index (χ3v) is 5.44. The highest BCUT2D eigenvalue weighted by Crippen LogP contribution is 2.26. The molecule has 1 aliphatic rings. The highest BCUT2D eigenvalue weighted by atomic mass is 16.5. The standard InChI is InChI=1S/C22H25N5O4/c1-30-20(28)16-7-5-15(6-8-16)9-10-26-11-13-27(14-12-26)22-24-17-3-2-4-18(19(17)25-22)31-21(23)29/h2-8H,9-14H2,1H3,(H2,23,29)(H,24,25). The molecule has 31 heavy (non-hydrogen) atoms. The number of hydrogen-bond acceptors (Lipinski definition) is 7. The quantitative estimate of drug-likeness (QED) is 0.584. The molecule has 0 aliphatic carbocycles. The van der Waals surface area contributed by atoms with Crippen LogP contribution in [0.1, 0.15) is 15.9 Å². The lowest BCUT2D eigenvalue weighted by atomic mass is 10.1. The van der Waals surface area contributed by atoms with Gasteiger partial charge < -0.3 is 25.1 Å². The number of imidazole rings is 1. The van der Waals surface area contributed by atoms with Gasteiger partial charge in [0.15, 0.2) is 5.75 Å². The summed E-state index contributed by atoms with van der Waals surface area (Å²) in [7, 11) is 1.38. The highest BCUT2D eigenvalue weighted by Gasteiger charge is 2.20. The van der Waals surface area contributed by atoms with E-state index in [0.29, 0.717) is 16.8 Å². The molecular formula is C22H25N5O4. The Hall–Kier alpha value is -3.59. The molecule has 0 unspecified atom stereocenters. The molecule has 3 N–H and O–H groups in total. The number of ether oxygens (including phenoxy) is 2. The number of methoxy groups -OCH3 is 1. The zero-order valence-corrected chi connectivity index (χ0v) is 17.3. The average molecular weight is 423 g/mol. The second kappa shape index (κ2) is 9.05. The van der Waals surface area contributed by atoms with Crippen molar-refractivity contribution in [3.8, 4) is 5.75 Å². The van der Waals surface area contributed by atoms with Gasteiger partial charge >= 0.3 is 12.1 Å². The first-order valence-electron chi connectivity index (χ1n) is 10.1. The van der Waals surface area contributed by atoms with Crippen molar-refractivity contribution >= 4 is 29.0 Å². The Bertz CT molecular complexity index is 1070. The summed E-state index contributed by atoms with van der Waals surface area (Å²) in [6.07, 6.45) is 0.0606. The van der Waals surface area contributed by atoms with Gasteiger partial charge in [-0.1, -0.05) is 18.2 Å².